The SMILES string of the molecule is COC(=O)C1=C(C(F)(F)F)N2c3ccccc3C=C[C@@H]2O[C@]12C(=O)N(C)c1ccccc12. The number of methoxy groups -OCH3 is 1. The lowest BCUT2D eigenvalue weighted by Gasteiger charge is -2.47. The van der Waals surface area contributed by atoms with Gasteiger partial charge in [0.25, 0.3) is 5.91 Å². The lowest BCUT2D eigenvalue weighted by Crippen LogP contribution is -2.58. The number of esters is 1. The van der Waals surface area contributed by atoms with Crippen LogP contribution in [0.1, 0.15) is 11.1 Å². The summed E-state index contributed by atoms with van der Waals surface area (Å²) in [4.78, 5) is 28.6. The van der Waals surface area contributed by atoms with Crippen LogP contribution in [0.5, 0.6) is 0 Å². The summed E-state index contributed by atoms with van der Waals surface area (Å²) < 4.78 is 55.0. The smallest absolute Gasteiger partial charge is 0.432 e. The normalized spacial score (nSPS) is 23.9. The molecule has 0 fully saturated rings. The molecule has 3 heterocycles. The molecule has 32 heavy (non-hydrogen) atoms. The van der Waals surface area contributed by atoms with E-state index in [0.717, 1.165) is 12.0 Å². The molecule has 1 spiro atoms. The van der Waals surface area contributed by atoms with E-state index in [9.17, 15) is 22.8 Å². The number of alkyl halides is 3. The highest BCUT2D eigenvalue weighted by Gasteiger charge is 2.65. The highest BCUT2D eigenvalue weighted by molar-refractivity contribution is 6.15. The Labute approximate surface area is 181 Å². The predicted octanol–water partition coefficient (Wildman–Crippen LogP) is 3.74. The van der Waals surface area contributed by atoms with Gasteiger partial charge in [0.2, 0.25) is 5.60 Å². The van der Waals surface area contributed by atoms with E-state index in [-0.39, 0.29) is 11.3 Å². The first kappa shape index (κ1) is 20.3. The highest BCUT2D eigenvalue weighted by Crippen LogP contribution is 2.55. The number of ether oxygens (including phenoxy) is 2. The first-order valence-electron chi connectivity index (χ1n) is 9.74. The summed E-state index contributed by atoms with van der Waals surface area (Å²) >= 11 is 0. The van der Waals surface area contributed by atoms with Gasteiger partial charge in [-0.25, -0.2) is 4.79 Å². The second kappa shape index (κ2) is 6.70. The number of carbonyl (C=O) groups excluding carboxylic acids is 2. The van der Waals surface area contributed by atoms with Crippen molar-refractivity contribution >= 4 is 29.3 Å². The zero-order chi connectivity index (χ0) is 22.8. The first-order valence-corrected chi connectivity index (χ1v) is 9.74. The largest absolute Gasteiger partial charge is 0.466 e. The van der Waals surface area contributed by atoms with Crippen LogP contribution in [0.2, 0.25) is 0 Å². The molecular formula is C23H17F3N2O4. The number of carbonyl (C=O) groups is 2. The third-order valence-corrected chi connectivity index (χ3v) is 5.93. The molecule has 0 unspecified atom stereocenters. The van der Waals surface area contributed by atoms with Crippen LogP contribution in [-0.4, -0.2) is 38.4 Å². The minimum absolute atomic E-state index is 0.154. The zero-order valence-corrected chi connectivity index (χ0v) is 17.0. The van der Waals surface area contributed by atoms with Gasteiger partial charge in [-0.1, -0.05) is 42.5 Å². The number of likely N-dealkylation sites (N-methyl/N-ethyl adjacent to an activating group) is 1. The molecule has 3 aliphatic heterocycles. The van der Waals surface area contributed by atoms with Crippen LogP contribution in [0, 0.1) is 0 Å². The molecule has 0 saturated heterocycles. The second-order valence-corrected chi connectivity index (χ2v) is 7.57. The quantitative estimate of drug-likeness (QED) is 0.630. The Kier molecular flexibility index (Phi) is 4.26. The Balaban J connectivity index is 1.91. The molecule has 5 rings (SSSR count). The van der Waals surface area contributed by atoms with E-state index in [1.165, 1.54) is 30.2 Å². The third-order valence-electron chi connectivity index (χ3n) is 5.93. The number of halogens is 3. The van der Waals surface area contributed by atoms with Crippen LogP contribution in [0.15, 0.2) is 65.9 Å². The van der Waals surface area contributed by atoms with Crippen molar-refractivity contribution in [1.82, 2.24) is 0 Å². The Morgan fingerprint density at radius 1 is 1.09 bits per heavy atom. The zero-order valence-electron chi connectivity index (χ0n) is 17.0. The van der Waals surface area contributed by atoms with Crippen LogP contribution >= 0.6 is 0 Å². The summed E-state index contributed by atoms with van der Waals surface area (Å²) in [5.74, 6) is -2.09. The van der Waals surface area contributed by atoms with Gasteiger partial charge in [0.05, 0.1) is 18.5 Å². The maximum Gasteiger partial charge on any atom is 0.432 e. The third kappa shape index (κ3) is 2.51. The molecule has 9 heteroatoms. The van der Waals surface area contributed by atoms with E-state index < -0.39 is 41.2 Å². The van der Waals surface area contributed by atoms with Crippen molar-refractivity contribution in [1.29, 1.82) is 0 Å². The Bertz CT molecular complexity index is 1220. The molecule has 0 N–H and O–H groups in total. The molecule has 1 amide bonds. The molecule has 6 nitrogen and oxygen atoms in total. The summed E-state index contributed by atoms with van der Waals surface area (Å²) in [6.07, 6.45) is -3.19. The van der Waals surface area contributed by atoms with Gasteiger partial charge in [-0.2, -0.15) is 13.2 Å². The van der Waals surface area contributed by atoms with E-state index >= 15 is 0 Å². The van der Waals surface area contributed by atoms with Crippen LogP contribution in [0.25, 0.3) is 6.08 Å². The van der Waals surface area contributed by atoms with Gasteiger partial charge >= 0.3 is 12.1 Å². The summed E-state index contributed by atoms with van der Waals surface area (Å²) in [6, 6.07) is 12.8. The van der Waals surface area contributed by atoms with E-state index in [0.29, 0.717) is 11.3 Å². The Morgan fingerprint density at radius 2 is 1.75 bits per heavy atom. The number of benzene rings is 2. The van der Waals surface area contributed by atoms with Crippen molar-refractivity contribution in [3.63, 3.8) is 0 Å². The van der Waals surface area contributed by atoms with Crippen LogP contribution in [0.3, 0.4) is 0 Å². The topological polar surface area (TPSA) is 59.1 Å². The molecule has 164 valence electrons. The van der Waals surface area contributed by atoms with Crippen molar-refractivity contribution in [2.75, 3.05) is 24.0 Å². The monoisotopic (exact) mass is 442 g/mol. The minimum atomic E-state index is -4.99. The molecule has 2 aromatic carbocycles. The summed E-state index contributed by atoms with van der Waals surface area (Å²) in [6.45, 7) is 0. The molecule has 2 aromatic rings. The molecular weight excluding hydrogens is 425 g/mol. The number of para-hydroxylation sites is 2. The summed E-state index contributed by atoms with van der Waals surface area (Å²) in [7, 11) is 2.40. The van der Waals surface area contributed by atoms with Gasteiger partial charge in [0.1, 0.15) is 11.3 Å². The summed E-state index contributed by atoms with van der Waals surface area (Å²) in [5, 5.41) is 0. The van der Waals surface area contributed by atoms with Gasteiger partial charge in [-0.05, 0) is 23.8 Å². The molecule has 0 saturated carbocycles. The van der Waals surface area contributed by atoms with E-state index in [2.05, 4.69) is 0 Å². The predicted molar refractivity (Wildman–Crippen MR) is 109 cm³/mol. The molecule has 0 aliphatic carbocycles. The van der Waals surface area contributed by atoms with Crippen LogP contribution < -0.4 is 9.80 Å². The average Bonchev–Trinajstić information content (AvgIpc) is 2.99. The Morgan fingerprint density at radius 3 is 2.44 bits per heavy atom. The van der Waals surface area contributed by atoms with Crippen molar-refractivity contribution in [2.45, 2.75) is 18.0 Å². The van der Waals surface area contributed by atoms with E-state index in [1.54, 1.807) is 42.5 Å². The lowest BCUT2D eigenvalue weighted by molar-refractivity contribution is -0.160. The molecule has 0 aromatic heterocycles. The maximum absolute atomic E-state index is 14.7. The van der Waals surface area contributed by atoms with E-state index in [1.807, 2.05) is 0 Å². The molecule has 3 aliphatic rings. The fourth-order valence-electron chi connectivity index (χ4n) is 4.62. The Hall–Kier alpha value is -3.59. The number of allylic oxidation sites excluding steroid dienone is 1. The minimum Gasteiger partial charge on any atom is -0.466 e. The number of hydrogen-bond donors (Lipinski definition) is 0. The number of rotatable bonds is 1. The lowest BCUT2D eigenvalue weighted by atomic mass is 9.82. The van der Waals surface area contributed by atoms with Crippen molar-refractivity contribution < 1.29 is 32.2 Å². The summed E-state index contributed by atoms with van der Waals surface area (Å²) in [5.41, 5.74) is -3.25. The molecule has 0 radical (unpaired) electrons. The highest BCUT2D eigenvalue weighted by atomic mass is 19.4. The van der Waals surface area contributed by atoms with Gasteiger partial charge in [-0.15, -0.1) is 0 Å². The number of anilines is 2. The molecule has 2 atom stereocenters. The standard InChI is InChI=1S/C23H17F3N2O4/c1-27-16-10-6-4-8-14(16)22(21(27)30)18(20(29)31-2)19(23(24,25)26)28-15-9-5-3-7-13(15)11-12-17(28)32-22/h3-12,17H,1-2H3/t17-,22-/m0/s1. The van der Waals surface area contributed by atoms with Crippen LogP contribution in [0.4, 0.5) is 24.5 Å². The fourth-order valence-corrected chi connectivity index (χ4v) is 4.62. The number of nitrogens with zero attached hydrogens (tertiary/aromatic N) is 2. The van der Waals surface area contributed by atoms with E-state index in [4.69, 9.17) is 9.47 Å². The average molecular weight is 442 g/mol. The van der Waals surface area contributed by atoms with Gasteiger partial charge in [0, 0.05) is 12.6 Å². The number of fused-ring (bicyclic) bond motifs is 5. The molecule has 0 bridgehead atoms. The van der Waals surface area contributed by atoms with Crippen molar-refractivity contribution in [2.24, 2.45) is 0 Å². The van der Waals surface area contributed by atoms with Crippen LogP contribution in [-0.2, 0) is 24.7 Å². The first-order chi connectivity index (χ1) is 15.2. The van der Waals surface area contributed by atoms with Crippen molar-refractivity contribution in [3.05, 3.63) is 77.0 Å². The second-order valence-electron chi connectivity index (χ2n) is 7.57. The van der Waals surface area contributed by atoms with Gasteiger partial charge in [-0.3, -0.25) is 4.79 Å². The fraction of sp³-hybridized carbons (Fsp3) is 0.217. The van der Waals surface area contributed by atoms with Gasteiger partial charge in [0.15, 0.2) is 6.23 Å². The van der Waals surface area contributed by atoms with Crippen molar-refractivity contribution in [3.8, 4) is 0 Å². The number of hydrogen-bond acceptors (Lipinski definition) is 5. The van der Waals surface area contributed by atoms with Gasteiger partial charge < -0.3 is 19.3 Å². The number of amides is 1. The maximum atomic E-state index is 14.7.